The molecule has 198 valence electrons. The molecule has 0 heterocycles. The van der Waals surface area contributed by atoms with Gasteiger partial charge in [0.15, 0.2) is 0 Å². The lowest BCUT2D eigenvalue weighted by atomic mass is 9.75. The summed E-state index contributed by atoms with van der Waals surface area (Å²) in [4.78, 5) is 11.6. The van der Waals surface area contributed by atoms with Crippen LogP contribution in [0, 0.1) is 17.2 Å². The summed E-state index contributed by atoms with van der Waals surface area (Å²) in [5, 5.41) is 9.57. The van der Waals surface area contributed by atoms with Crippen LogP contribution in [0.1, 0.15) is 74.1 Å². The number of hydrogen-bond acceptors (Lipinski definition) is 3. The molecule has 2 saturated carbocycles. The van der Waals surface area contributed by atoms with Gasteiger partial charge in [-0.05, 0) is 102 Å². The topological polar surface area (TPSA) is 55.8 Å². The van der Waals surface area contributed by atoms with Gasteiger partial charge in [0.1, 0.15) is 23.9 Å². The first-order valence-electron chi connectivity index (χ1n) is 13.7. The average Bonchev–Trinajstić information content (AvgIpc) is 3.39. The van der Waals surface area contributed by atoms with E-state index in [9.17, 15) is 9.90 Å². The number of rotatable bonds is 7. The van der Waals surface area contributed by atoms with Gasteiger partial charge >= 0.3 is 5.97 Å². The number of carboxylic acid groups (broad SMARTS) is 1. The van der Waals surface area contributed by atoms with E-state index in [-0.39, 0.29) is 22.6 Å². The van der Waals surface area contributed by atoms with Gasteiger partial charge in [-0.1, -0.05) is 44.5 Å². The van der Waals surface area contributed by atoms with Gasteiger partial charge in [0, 0.05) is 11.0 Å². The first-order chi connectivity index (χ1) is 18.2. The Bertz CT molecular complexity index is 1410. The number of hydrogen-bond donors (Lipinski definition) is 1. The summed E-state index contributed by atoms with van der Waals surface area (Å²) in [6.07, 6.45) is 5.95. The van der Waals surface area contributed by atoms with E-state index < -0.39 is 5.97 Å². The molecule has 4 nitrogen and oxygen atoms in total. The molecule has 6 rings (SSSR count). The lowest BCUT2D eigenvalue weighted by molar-refractivity contribution is -0.139. The van der Waals surface area contributed by atoms with E-state index in [0.29, 0.717) is 23.8 Å². The van der Waals surface area contributed by atoms with E-state index >= 15 is 4.39 Å². The highest BCUT2D eigenvalue weighted by Gasteiger charge is 2.61. The Morgan fingerprint density at radius 3 is 2.55 bits per heavy atom. The maximum atomic E-state index is 15.1. The van der Waals surface area contributed by atoms with Gasteiger partial charge in [0.2, 0.25) is 0 Å². The van der Waals surface area contributed by atoms with Gasteiger partial charge in [-0.25, -0.2) is 4.39 Å². The third-order valence-corrected chi connectivity index (χ3v) is 9.45. The molecule has 0 saturated heterocycles. The van der Waals surface area contributed by atoms with Crippen molar-refractivity contribution in [3.8, 4) is 22.6 Å². The number of carboxylic acids is 1. The lowest BCUT2D eigenvalue weighted by Crippen LogP contribution is -2.17. The summed E-state index contributed by atoms with van der Waals surface area (Å²) in [6, 6.07) is 17.3. The third-order valence-electron chi connectivity index (χ3n) is 9.45. The SMILES string of the molecule is COc1ccc(F)c(-c2ccc(COc3ccc4c(c3)C3(CC4)CC3C(=O)O)cc2[C@@H]2CCCC2(C)C)c1. The molecule has 3 aliphatic rings. The standard InChI is InChI=1S/C33H35FO4/c1-32(2)13-4-5-27(32)25-15-20(6-10-24(25)26-16-22(37-3)9-11-30(26)34)19-38-23-8-7-21-12-14-33(28(21)17-23)18-29(33)31(35)36/h6-11,15-17,27,29H,4-5,12-14,18-19H2,1-3H3,(H,35,36)/t27-,29?,33?/m0/s1. The van der Waals surface area contributed by atoms with Crippen molar-refractivity contribution in [2.24, 2.45) is 11.3 Å². The van der Waals surface area contributed by atoms with E-state index in [0.717, 1.165) is 66.5 Å². The fraction of sp³-hybridized carbons (Fsp3) is 0.424. The van der Waals surface area contributed by atoms with E-state index in [1.807, 2.05) is 18.2 Å². The van der Waals surface area contributed by atoms with E-state index in [2.05, 4.69) is 32.0 Å². The largest absolute Gasteiger partial charge is 0.497 e. The molecule has 3 aliphatic carbocycles. The van der Waals surface area contributed by atoms with Gasteiger partial charge < -0.3 is 14.6 Å². The van der Waals surface area contributed by atoms with Crippen LogP contribution in [0.4, 0.5) is 4.39 Å². The fourth-order valence-corrected chi connectivity index (χ4v) is 7.17. The summed E-state index contributed by atoms with van der Waals surface area (Å²) in [7, 11) is 1.60. The maximum absolute atomic E-state index is 15.1. The molecule has 3 aromatic carbocycles. The quantitative estimate of drug-likeness (QED) is 0.352. The van der Waals surface area contributed by atoms with Crippen LogP contribution >= 0.6 is 0 Å². The van der Waals surface area contributed by atoms with Crippen molar-refractivity contribution in [2.45, 2.75) is 70.3 Å². The van der Waals surface area contributed by atoms with Crippen LogP contribution < -0.4 is 9.47 Å². The van der Waals surface area contributed by atoms with Gasteiger partial charge in [-0.3, -0.25) is 4.79 Å². The van der Waals surface area contributed by atoms with Crippen LogP contribution in [-0.4, -0.2) is 18.2 Å². The molecule has 0 aromatic heterocycles. The zero-order valence-electron chi connectivity index (χ0n) is 22.4. The van der Waals surface area contributed by atoms with Gasteiger partial charge in [-0.2, -0.15) is 0 Å². The number of halogens is 1. The van der Waals surface area contributed by atoms with Gasteiger partial charge in [0.25, 0.3) is 0 Å². The number of methoxy groups -OCH3 is 1. The fourth-order valence-electron chi connectivity index (χ4n) is 7.17. The highest BCUT2D eigenvalue weighted by molar-refractivity contribution is 5.78. The second-order valence-corrected chi connectivity index (χ2v) is 12.1. The van der Waals surface area contributed by atoms with Crippen LogP contribution in [0.3, 0.4) is 0 Å². The Labute approximate surface area is 223 Å². The Kier molecular flexibility index (Phi) is 6.01. The summed E-state index contributed by atoms with van der Waals surface area (Å²) in [6.45, 7) is 5.01. The zero-order valence-corrected chi connectivity index (χ0v) is 22.4. The minimum absolute atomic E-state index is 0.128. The van der Waals surface area contributed by atoms with Crippen LogP contribution in [0.25, 0.3) is 11.1 Å². The van der Waals surface area contributed by atoms with Crippen LogP contribution in [0.2, 0.25) is 0 Å². The van der Waals surface area contributed by atoms with Gasteiger partial charge in [-0.15, -0.1) is 0 Å². The minimum Gasteiger partial charge on any atom is -0.497 e. The predicted molar refractivity (Wildman–Crippen MR) is 145 cm³/mol. The van der Waals surface area contributed by atoms with E-state index in [4.69, 9.17) is 9.47 Å². The number of ether oxygens (including phenoxy) is 2. The highest BCUT2D eigenvalue weighted by atomic mass is 19.1. The molecule has 0 radical (unpaired) electrons. The van der Waals surface area contributed by atoms with Crippen molar-refractivity contribution in [1.29, 1.82) is 0 Å². The summed E-state index contributed by atoms with van der Waals surface area (Å²) < 4.78 is 26.7. The Morgan fingerprint density at radius 2 is 1.84 bits per heavy atom. The molecule has 1 N–H and O–H groups in total. The molecule has 2 unspecified atom stereocenters. The molecule has 0 amide bonds. The zero-order chi connectivity index (χ0) is 26.7. The average molecular weight is 515 g/mol. The van der Waals surface area contributed by atoms with Crippen LogP contribution in [0.5, 0.6) is 11.5 Å². The monoisotopic (exact) mass is 514 g/mol. The molecule has 5 heteroatoms. The minimum atomic E-state index is -0.695. The molecule has 38 heavy (non-hydrogen) atoms. The lowest BCUT2D eigenvalue weighted by Gasteiger charge is -2.30. The summed E-state index contributed by atoms with van der Waals surface area (Å²) in [5.74, 6) is 0.511. The third kappa shape index (κ3) is 4.16. The normalized spacial score (nSPS) is 24.8. The van der Waals surface area contributed by atoms with E-state index in [1.54, 1.807) is 19.2 Å². The molecule has 2 fully saturated rings. The Hall–Kier alpha value is -3.34. The maximum Gasteiger partial charge on any atom is 0.307 e. The van der Waals surface area contributed by atoms with Crippen LogP contribution in [-0.2, 0) is 23.2 Å². The van der Waals surface area contributed by atoms with Crippen LogP contribution in [0.15, 0.2) is 54.6 Å². The first-order valence-corrected chi connectivity index (χ1v) is 13.7. The molecule has 0 aliphatic heterocycles. The summed E-state index contributed by atoms with van der Waals surface area (Å²) >= 11 is 0. The number of carbonyl (C=O) groups is 1. The number of aryl methyl sites for hydroxylation is 1. The van der Waals surface area contributed by atoms with Crippen molar-refractivity contribution in [3.05, 3.63) is 82.7 Å². The van der Waals surface area contributed by atoms with Crippen molar-refractivity contribution < 1.29 is 23.8 Å². The highest BCUT2D eigenvalue weighted by Crippen LogP contribution is 2.62. The Balaban J connectivity index is 1.30. The smallest absolute Gasteiger partial charge is 0.307 e. The first kappa shape index (κ1) is 25.0. The molecule has 1 spiro atoms. The molecule has 3 atom stereocenters. The second kappa shape index (κ2) is 9.14. The summed E-state index contributed by atoms with van der Waals surface area (Å²) in [5.41, 5.74) is 6.01. The molecule has 3 aromatic rings. The molecular weight excluding hydrogens is 479 g/mol. The number of fused-ring (bicyclic) bond motifs is 2. The van der Waals surface area contributed by atoms with Gasteiger partial charge in [0.05, 0.1) is 13.0 Å². The van der Waals surface area contributed by atoms with Crippen molar-refractivity contribution >= 4 is 5.97 Å². The van der Waals surface area contributed by atoms with Crippen molar-refractivity contribution in [1.82, 2.24) is 0 Å². The molecule has 0 bridgehead atoms. The van der Waals surface area contributed by atoms with Crippen molar-refractivity contribution in [3.63, 3.8) is 0 Å². The molecular formula is C33H35FO4. The Morgan fingerprint density at radius 1 is 1.03 bits per heavy atom. The predicted octanol–water partition coefficient (Wildman–Crippen LogP) is 7.66. The van der Waals surface area contributed by atoms with Crippen molar-refractivity contribution in [2.75, 3.05) is 7.11 Å². The number of aliphatic carboxylic acids is 1. The number of benzene rings is 3. The second-order valence-electron chi connectivity index (χ2n) is 12.1. The van der Waals surface area contributed by atoms with E-state index in [1.165, 1.54) is 11.6 Å².